The highest BCUT2D eigenvalue weighted by Gasteiger charge is 2.16. The smallest absolute Gasteiger partial charge is 0.407 e. The van der Waals surface area contributed by atoms with Gasteiger partial charge in [0.05, 0.1) is 0 Å². The van der Waals surface area contributed by atoms with E-state index in [-0.39, 0.29) is 6.09 Å². The molecule has 0 saturated carbocycles. The van der Waals surface area contributed by atoms with Gasteiger partial charge in [-0.3, -0.25) is 0 Å². The summed E-state index contributed by atoms with van der Waals surface area (Å²) in [6, 6.07) is 0. The molecule has 0 aliphatic heterocycles. The van der Waals surface area contributed by atoms with E-state index in [9.17, 15) is 4.79 Å². The number of nitrogens with one attached hydrogen (secondary N) is 1. The van der Waals surface area contributed by atoms with Crippen molar-refractivity contribution in [3.63, 3.8) is 0 Å². The van der Waals surface area contributed by atoms with Gasteiger partial charge in [-0.2, -0.15) is 0 Å². The summed E-state index contributed by atoms with van der Waals surface area (Å²) in [4.78, 5) is 11.4. The third-order valence-electron chi connectivity index (χ3n) is 2.08. The van der Waals surface area contributed by atoms with Gasteiger partial charge in [0.25, 0.3) is 0 Å². The van der Waals surface area contributed by atoms with Crippen LogP contribution in [0.5, 0.6) is 0 Å². The van der Waals surface area contributed by atoms with Crippen LogP contribution in [0.1, 0.15) is 41.0 Å². The van der Waals surface area contributed by atoms with Crippen LogP contribution < -0.4 is 5.32 Å². The lowest BCUT2D eigenvalue weighted by atomic mass is 10.1. The number of rotatable bonds is 5. The van der Waals surface area contributed by atoms with Crippen LogP contribution in [0.25, 0.3) is 0 Å². The van der Waals surface area contributed by atoms with Crippen molar-refractivity contribution in [3.05, 3.63) is 24.3 Å². The first-order valence-corrected chi connectivity index (χ1v) is 6.05. The van der Waals surface area contributed by atoms with Crippen LogP contribution in [0.15, 0.2) is 24.3 Å². The minimum Gasteiger partial charge on any atom is -0.444 e. The molecule has 0 rings (SSSR count). The predicted octanol–water partition coefficient (Wildman–Crippen LogP) is 3.67. The average molecular weight is 239 g/mol. The SMILES string of the molecule is C=C(C)/C=C\C(CC)CNC(=O)OC(C)(C)C. The van der Waals surface area contributed by atoms with E-state index in [0.29, 0.717) is 12.5 Å². The fourth-order valence-corrected chi connectivity index (χ4v) is 1.18. The van der Waals surface area contributed by atoms with Gasteiger partial charge in [0.15, 0.2) is 0 Å². The topological polar surface area (TPSA) is 38.3 Å². The molecule has 0 aromatic carbocycles. The predicted molar refractivity (Wildman–Crippen MR) is 72.0 cm³/mol. The van der Waals surface area contributed by atoms with Crippen molar-refractivity contribution in [1.29, 1.82) is 0 Å². The molecule has 0 heterocycles. The molecule has 0 aromatic rings. The van der Waals surface area contributed by atoms with Crippen LogP contribution >= 0.6 is 0 Å². The molecule has 3 heteroatoms. The van der Waals surface area contributed by atoms with Crippen molar-refractivity contribution < 1.29 is 9.53 Å². The molecule has 0 aliphatic carbocycles. The van der Waals surface area contributed by atoms with Gasteiger partial charge in [-0.15, -0.1) is 0 Å². The summed E-state index contributed by atoms with van der Waals surface area (Å²) in [5.41, 5.74) is 0.569. The van der Waals surface area contributed by atoms with Gasteiger partial charge in [0.2, 0.25) is 0 Å². The van der Waals surface area contributed by atoms with Crippen molar-refractivity contribution >= 4 is 6.09 Å². The maximum Gasteiger partial charge on any atom is 0.407 e. The molecule has 1 N–H and O–H groups in total. The highest BCUT2D eigenvalue weighted by molar-refractivity contribution is 5.67. The molecule has 3 nitrogen and oxygen atoms in total. The first-order valence-electron chi connectivity index (χ1n) is 6.05. The van der Waals surface area contributed by atoms with Gasteiger partial charge in [0, 0.05) is 6.54 Å². The van der Waals surface area contributed by atoms with Crippen LogP contribution in [0.4, 0.5) is 4.79 Å². The maximum atomic E-state index is 11.4. The Morgan fingerprint density at radius 1 is 1.47 bits per heavy atom. The van der Waals surface area contributed by atoms with Crippen LogP contribution in [-0.4, -0.2) is 18.2 Å². The molecule has 1 amide bonds. The van der Waals surface area contributed by atoms with Crippen molar-refractivity contribution in [2.24, 2.45) is 5.92 Å². The summed E-state index contributed by atoms with van der Waals surface area (Å²) in [5.74, 6) is 0.319. The molecule has 0 bridgehead atoms. The zero-order valence-electron chi connectivity index (χ0n) is 11.7. The molecule has 17 heavy (non-hydrogen) atoms. The van der Waals surface area contributed by atoms with Crippen molar-refractivity contribution in [2.45, 2.75) is 46.6 Å². The van der Waals surface area contributed by atoms with Gasteiger partial charge in [-0.25, -0.2) is 4.79 Å². The second kappa shape index (κ2) is 7.15. The number of hydrogen-bond acceptors (Lipinski definition) is 2. The molecule has 0 aromatic heterocycles. The summed E-state index contributed by atoms with van der Waals surface area (Å²) < 4.78 is 5.17. The van der Waals surface area contributed by atoms with Crippen LogP contribution in [0.2, 0.25) is 0 Å². The van der Waals surface area contributed by atoms with Crippen molar-refractivity contribution in [3.8, 4) is 0 Å². The van der Waals surface area contributed by atoms with Crippen LogP contribution in [0, 0.1) is 5.92 Å². The summed E-state index contributed by atoms with van der Waals surface area (Å²) in [5, 5.41) is 2.77. The second-order valence-corrected chi connectivity index (χ2v) is 5.26. The van der Waals surface area contributed by atoms with Gasteiger partial charge in [-0.05, 0) is 40.0 Å². The lowest BCUT2D eigenvalue weighted by Gasteiger charge is -2.20. The van der Waals surface area contributed by atoms with Crippen LogP contribution in [0.3, 0.4) is 0 Å². The Labute approximate surface area is 105 Å². The second-order valence-electron chi connectivity index (χ2n) is 5.26. The summed E-state index contributed by atoms with van der Waals surface area (Å²) in [6.07, 6.45) is 4.66. The van der Waals surface area contributed by atoms with E-state index < -0.39 is 5.60 Å². The number of alkyl carbamates (subject to hydrolysis) is 1. The van der Waals surface area contributed by atoms with E-state index >= 15 is 0 Å². The zero-order chi connectivity index (χ0) is 13.5. The number of amides is 1. The fourth-order valence-electron chi connectivity index (χ4n) is 1.18. The van der Waals surface area contributed by atoms with Gasteiger partial charge in [0.1, 0.15) is 5.60 Å². The van der Waals surface area contributed by atoms with E-state index in [4.69, 9.17) is 4.74 Å². The van der Waals surface area contributed by atoms with Gasteiger partial charge < -0.3 is 10.1 Å². The first-order chi connectivity index (χ1) is 7.74. The average Bonchev–Trinajstić information content (AvgIpc) is 2.14. The zero-order valence-corrected chi connectivity index (χ0v) is 11.7. The molecule has 0 saturated heterocycles. The lowest BCUT2D eigenvalue weighted by molar-refractivity contribution is 0.0522. The fraction of sp³-hybridized carbons (Fsp3) is 0.643. The van der Waals surface area contributed by atoms with Crippen LogP contribution in [-0.2, 0) is 4.74 Å². The maximum absolute atomic E-state index is 11.4. The first kappa shape index (κ1) is 15.8. The van der Waals surface area contributed by atoms with Gasteiger partial charge >= 0.3 is 6.09 Å². The number of ether oxygens (including phenoxy) is 1. The monoisotopic (exact) mass is 239 g/mol. The summed E-state index contributed by atoms with van der Waals surface area (Å²) in [6.45, 7) is 14.0. The third kappa shape index (κ3) is 9.67. The normalized spacial score (nSPS) is 13.5. The molecule has 98 valence electrons. The Morgan fingerprint density at radius 2 is 2.06 bits per heavy atom. The van der Waals surface area contributed by atoms with E-state index in [1.807, 2.05) is 33.8 Å². The van der Waals surface area contributed by atoms with Crippen molar-refractivity contribution in [2.75, 3.05) is 6.54 Å². The highest BCUT2D eigenvalue weighted by atomic mass is 16.6. The van der Waals surface area contributed by atoms with E-state index in [0.717, 1.165) is 12.0 Å². The third-order valence-corrected chi connectivity index (χ3v) is 2.08. The Hall–Kier alpha value is -1.25. The number of hydrogen-bond donors (Lipinski definition) is 1. The highest BCUT2D eigenvalue weighted by Crippen LogP contribution is 2.08. The van der Waals surface area contributed by atoms with Crippen molar-refractivity contribution in [1.82, 2.24) is 5.32 Å². The van der Waals surface area contributed by atoms with E-state index in [2.05, 4.69) is 24.9 Å². The standard InChI is InChI=1S/C14H25NO2/c1-7-12(9-8-11(2)3)10-15-13(16)17-14(4,5)6/h8-9,12H,2,7,10H2,1,3-6H3,(H,15,16)/b9-8-. The molecule has 1 atom stereocenters. The molecular weight excluding hydrogens is 214 g/mol. The molecular formula is C14H25NO2. The summed E-state index contributed by atoms with van der Waals surface area (Å²) >= 11 is 0. The number of carbonyl (C=O) groups excluding carboxylic acids is 1. The number of carbonyl (C=O) groups is 1. The van der Waals surface area contributed by atoms with Gasteiger partial charge in [-0.1, -0.05) is 31.2 Å². The quantitative estimate of drug-likeness (QED) is 0.743. The summed E-state index contributed by atoms with van der Waals surface area (Å²) in [7, 11) is 0. The Balaban J connectivity index is 4.07. The molecule has 1 unspecified atom stereocenters. The Bertz CT molecular complexity index is 287. The lowest BCUT2D eigenvalue weighted by Crippen LogP contribution is -2.34. The molecule has 0 spiro atoms. The Kier molecular flexibility index (Phi) is 6.62. The molecule has 0 radical (unpaired) electrons. The van der Waals surface area contributed by atoms with E-state index in [1.54, 1.807) is 0 Å². The largest absolute Gasteiger partial charge is 0.444 e. The minimum atomic E-state index is -0.445. The number of allylic oxidation sites excluding steroid dienone is 2. The minimum absolute atomic E-state index is 0.319. The molecule has 0 aliphatic rings. The Morgan fingerprint density at radius 3 is 2.47 bits per heavy atom. The molecule has 0 fully saturated rings. The van der Waals surface area contributed by atoms with E-state index in [1.165, 1.54) is 0 Å².